The molecule has 0 unspecified atom stereocenters. The van der Waals surface area contributed by atoms with E-state index in [0.29, 0.717) is 25.1 Å². The molecule has 0 aliphatic carbocycles. The average molecular weight is 474 g/mol. The van der Waals surface area contributed by atoms with E-state index in [2.05, 4.69) is 30.6 Å². The number of anilines is 1. The Kier molecular flexibility index (Phi) is 5.70. The fraction of sp³-hybridized carbons (Fsp3) is 0.529. The average Bonchev–Trinajstić information content (AvgIpc) is 3.35. The molecule has 32 heavy (non-hydrogen) atoms. The van der Waals surface area contributed by atoms with E-state index in [9.17, 15) is 21.6 Å². The lowest BCUT2D eigenvalue weighted by Gasteiger charge is -2.35. The van der Waals surface area contributed by atoms with E-state index in [1.54, 1.807) is 0 Å². The number of sulfonamides is 1. The maximum Gasteiger partial charge on any atom is 0.422 e. The van der Waals surface area contributed by atoms with E-state index in [1.807, 2.05) is 6.92 Å². The van der Waals surface area contributed by atoms with Crippen molar-refractivity contribution >= 4 is 21.6 Å². The van der Waals surface area contributed by atoms with Gasteiger partial charge in [-0.15, -0.1) is 5.10 Å². The topological polar surface area (TPSA) is 130 Å². The van der Waals surface area contributed by atoms with Gasteiger partial charge in [0.1, 0.15) is 12.0 Å². The molecule has 2 atom stereocenters. The molecule has 2 N–H and O–H groups in total. The molecular formula is C17H21F3N8O3S. The fourth-order valence-electron chi connectivity index (χ4n) is 3.56. The Morgan fingerprint density at radius 3 is 2.78 bits per heavy atom. The van der Waals surface area contributed by atoms with Crippen LogP contribution in [-0.4, -0.2) is 80.7 Å². The minimum Gasteiger partial charge on any atom is -0.478 e. The van der Waals surface area contributed by atoms with E-state index in [1.165, 1.54) is 33.8 Å². The normalized spacial score (nSPS) is 20.5. The third-order valence-corrected chi connectivity index (χ3v) is 6.42. The van der Waals surface area contributed by atoms with Gasteiger partial charge in [-0.1, -0.05) is 6.92 Å². The van der Waals surface area contributed by atoms with Crippen LogP contribution in [-0.2, 0) is 10.0 Å². The van der Waals surface area contributed by atoms with Crippen LogP contribution in [0.1, 0.15) is 13.3 Å². The van der Waals surface area contributed by atoms with Gasteiger partial charge in [0.05, 0.1) is 12.5 Å². The van der Waals surface area contributed by atoms with Gasteiger partial charge in [-0.3, -0.25) is 5.10 Å². The Hall–Kier alpha value is -2.94. The predicted molar refractivity (Wildman–Crippen MR) is 108 cm³/mol. The molecular weight excluding hydrogens is 453 g/mol. The number of aromatic nitrogens is 6. The van der Waals surface area contributed by atoms with Crippen LogP contribution in [0.15, 0.2) is 18.7 Å². The van der Waals surface area contributed by atoms with Crippen molar-refractivity contribution < 1.29 is 26.3 Å². The Balaban J connectivity index is 1.62. The molecule has 11 nitrogen and oxygen atoms in total. The van der Waals surface area contributed by atoms with Crippen molar-refractivity contribution in [2.45, 2.75) is 25.6 Å². The number of H-pyrrole nitrogens is 1. The highest BCUT2D eigenvalue weighted by Gasteiger charge is 2.32. The molecule has 1 fully saturated rings. The van der Waals surface area contributed by atoms with Gasteiger partial charge in [0.15, 0.2) is 12.4 Å². The van der Waals surface area contributed by atoms with Crippen LogP contribution in [0.4, 0.5) is 19.1 Å². The van der Waals surface area contributed by atoms with Crippen LogP contribution in [0.3, 0.4) is 0 Å². The molecule has 0 aromatic carbocycles. The second-order valence-electron chi connectivity index (χ2n) is 7.65. The molecule has 3 aromatic heterocycles. The zero-order chi connectivity index (χ0) is 23.1. The zero-order valence-corrected chi connectivity index (χ0v) is 18.0. The van der Waals surface area contributed by atoms with Crippen LogP contribution in [0.25, 0.3) is 16.9 Å². The number of hydrogen-bond donors (Lipinski definition) is 2. The molecule has 0 spiro atoms. The summed E-state index contributed by atoms with van der Waals surface area (Å²) in [5.41, 5.74) is 0.636. The van der Waals surface area contributed by atoms with Gasteiger partial charge in [0, 0.05) is 30.9 Å². The van der Waals surface area contributed by atoms with Crippen LogP contribution < -0.4 is 10.1 Å². The van der Waals surface area contributed by atoms with Crippen molar-refractivity contribution in [3.63, 3.8) is 0 Å². The predicted octanol–water partition coefficient (Wildman–Crippen LogP) is 1.54. The molecule has 0 amide bonds. The molecule has 174 valence electrons. The summed E-state index contributed by atoms with van der Waals surface area (Å²) in [5, 5.41) is 13.8. The van der Waals surface area contributed by atoms with E-state index in [-0.39, 0.29) is 35.0 Å². The van der Waals surface area contributed by atoms with Crippen molar-refractivity contribution in [3.05, 3.63) is 18.7 Å². The highest BCUT2D eigenvalue weighted by molar-refractivity contribution is 7.88. The monoisotopic (exact) mass is 474 g/mol. The number of hydrogen-bond acceptors (Lipinski definition) is 8. The first kappa shape index (κ1) is 22.3. The van der Waals surface area contributed by atoms with Crippen LogP contribution in [0.5, 0.6) is 5.75 Å². The molecule has 1 aliphatic heterocycles. The minimum atomic E-state index is -4.55. The number of halogens is 3. The van der Waals surface area contributed by atoms with Crippen LogP contribution in [0.2, 0.25) is 0 Å². The summed E-state index contributed by atoms with van der Waals surface area (Å²) in [4.78, 5) is 8.50. The van der Waals surface area contributed by atoms with Crippen LogP contribution >= 0.6 is 0 Å². The van der Waals surface area contributed by atoms with Gasteiger partial charge in [-0.25, -0.2) is 17.7 Å². The number of nitrogens with one attached hydrogen (secondary N) is 2. The molecule has 0 saturated carbocycles. The third kappa shape index (κ3) is 4.77. The van der Waals surface area contributed by atoms with Crippen molar-refractivity contribution in [3.8, 4) is 17.0 Å². The number of fused-ring (bicyclic) bond motifs is 1. The summed E-state index contributed by atoms with van der Waals surface area (Å²) in [7, 11) is -3.28. The molecule has 15 heteroatoms. The lowest BCUT2D eigenvalue weighted by atomic mass is 9.95. The molecule has 4 heterocycles. The summed E-state index contributed by atoms with van der Waals surface area (Å²) in [5.74, 6) is -0.0324. The first-order valence-corrected chi connectivity index (χ1v) is 11.5. The molecule has 0 bridgehead atoms. The van der Waals surface area contributed by atoms with Crippen molar-refractivity contribution in [1.82, 2.24) is 34.1 Å². The smallest absolute Gasteiger partial charge is 0.422 e. The van der Waals surface area contributed by atoms with Crippen LogP contribution in [0, 0.1) is 5.92 Å². The van der Waals surface area contributed by atoms with Crippen molar-refractivity contribution in [1.29, 1.82) is 0 Å². The lowest BCUT2D eigenvalue weighted by Crippen LogP contribution is -2.47. The first-order valence-electron chi connectivity index (χ1n) is 9.67. The molecule has 0 radical (unpaired) electrons. The third-order valence-electron chi connectivity index (χ3n) is 5.15. The lowest BCUT2D eigenvalue weighted by molar-refractivity contribution is -0.153. The van der Waals surface area contributed by atoms with Gasteiger partial charge in [-0.05, 0) is 12.3 Å². The van der Waals surface area contributed by atoms with Gasteiger partial charge in [-0.2, -0.15) is 27.8 Å². The van der Waals surface area contributed by atoms with E-state index in [0.717, 1.165) is 0 Å². The van der Waals surface area contributed by atoms with E-state index >= 15 is 0 Å². The summed E-state index contributed by atoms with van der Waals surface area (Å²) in [6.07, 6.45) is 1.36. The molecule has 1 saturated heterocycles. The highest BCUT2D eigenvalue weighted by Crippen LogP contribution is 2.32. The van der Waals surface area contributed by atoms with Crippen molar-refractivity contribution in [2.24, 2.45) is 5.92 Å². The van der Waals surface area contributed by atoms with Crippen molar-refractivity contribution in [2.75, 3.05) is 31.3 Å². The van der Waals surface area contributed by atoms with E-state index < -0.39 is 22.8 Å². The quantitative estimate of drug-likeness (QED) is 0.550. The first-order chi connectivity index (χ1) is 15.0. The Labute approximate surface area is 181 Å². The molecule has 4 rings (SSSR count). The number of alkyl halides is 3. The van der Waals surface area contributed by atoms with Gasteiger partial charge in [0.25, 0.3) is 0 Å². The van der Waals surface area contributed by atoms with Gasteiger partial charge < -0.3 is 10.1 Å². The second kappa shape index (κ2) is 8.20. The SMILES string of the molecule is C[C@@H]1CN(S(C)(=O)=O)CC[C@@H]1Nc1nc2c(OCC(F)(F)F)c(-c3cn[nH]c3)ncn2n1. The number of rotatable bonds is 6. The second-order valence-corrected chi connectivity index (χ2v) is 9.64. The largest absolute Gasteiger partial charge is 0.478 e. The minimum absolute atomic E-state index is 0.0364. The maximum absolute atomic E-state index is 12.8. The van der Waals surface area contributed by atoms with Gasteiger partial charge in [0.2, 0.25) is 21.6 Å². The zero-order valence-electron chi connectivity index (χ0n) is 17.2. The summed E-state index contributed by atoms with van der Waals surface area (Å²) < 4.78 is 69.7. The molecule has 3 aromatic rings. The number of ether oxygens (including phenoxy) is 1. The number of aromatic amines is 1. The highest BCUT2D eigenvalue weighted by atomic mass is 32.2. The maximum atomic E-state index is 12.8. The standard InChI is InChI=1S/C17H21F3N8O3S/c1-10-7-27(32(2,29)30)4-3-12(10)24-16-25-15-14(31-8-17(18,19)20)13(11-5-22-23-6-11)21-9-28(15)26-16/h5-6,9-10,12H,3-4,7-8H2,1-2H3,(H,22,23)(H,24,26)/t10-,12+/m1/s1. The summed E-state index contributed by atoms with van der Waals surface area (Å²) >= 11 is 0. The Morgan fingerprint density at radius 1 is 1.38 bits per heavy atom. The summed E-state index contributed by atoms with van der Waals surface area (Å²) in [6.45, 7) is 1.08. The fourth-order valence-corrected chi connectivity index (χ4v) is 4.50. The Bertz CT molecular complexity index is 1200. The number of piperidine rings is 1. The number of nitrogens with zero attached hydrogens (tertiary/aromatic N) is 6. The Morgan fingerprint density at radius 2 is 2.16 bits per heavy atom. The summed E-state index contributed by atoms with van der Waals surface area (Å²) in [6, 6.07) is -0.119. The van der Waals surface area contributed by atoms with Gasteiger partial charge >= 0.3 is 6.18 Å². The molecule has 1 aliphatic rings. The van der Waals surface area contributed by atoms with E-state index in [4.69, 9.17) is 4.74 Å².